The SMILES string of the molecule is O=C(NC1(c2ccccc2F)CC1)C(O)c1ccccc1. The van der Waals surface area contributed by atoms with E-state index in [0.29, 0.717) is 24.0 Å². The second-order valence-electron chi connectivity index (χ2n) is 5.36. The highest BCUT2D eigenvalue weighted by atomic mass is 19.1. The minimum Gasteiger partial charge on any atom is -0.378 e. The van der Waals surface area contributed by atoms with E-state index in [-0.39, 0.29) is 5.82 Å². The molecule has 1 aliphatic carbocycles. The number of benzene rings is 2. The lowest BCUT2D eigenvalue weighted by Gasteiger charge is -2.21. The van der Waals surface area contributed by atoms with Gasteiger partial charge < -0.3 is 10.4 Å². The molecular formula is C17H16FNO2. The highest BCUT2D eigenvalue weighted by Gasteiger charge is 2.48. The smallest absolute Gasteiger partial charge is 0.254 e. The Morgan fingerprint density at radius 2 is 1.71 bits per heavy atom. The van der Waals surface area contributed by atoms with Crippen molar-refractivity contribution in [2.75, 3.05) is 0 Å². The van der Waals surface area contributed by atoms with Gasteiger partial charge in [0.15, 0.2) is 6.10 Å². The molecule has 108 valence electrons. The Labute approximate surface area is 122 Å². The van der Waals surface area contributed by atoms with Crippen molar-refractivity contribution >= 4 is 5.91 Å². The lowest BCUT2D eigenvalue weighted by Crippen LogP contribution is -2.38. The number of carbonyl (C=O) groups excluding carboxylic acids is 1. The van der Waals surface area contributed by atoms with Gasteiger partial charge in [-0.2, -0.15) is 0 Å². The predicted octanol–water partition coefficient (Wildman–Crippen LogP) is 2.66. The van der Waals surface area contributed by atoms with Gasteiger partial charge in [-0.25, -0.2) is 4.39 Å². The van der Waals surface area contributed by atoms with Gasteiger partial charge in [-0.05, 0) is 24.5 Å². The lowest BCUT2D eigenvalue weighted by molar-refractivity contribution is -0.130. The molecule has 1 saturated carbocycles. The summed E-state index contributed by atoms with van der Waals surface area (Å²) in [6.07, 6.45) is 0.123. The average molecular weight is 285 g/mol. The van der Waals surface area contributed by atoms with E-state index in [1.54, 1.807) is 42.5 Å². The summed E-state index contributed by atoms with van der Waals surface area (Å²) in [7, 11) is 0. The second-order valence-corrected chi connectivity index (χ2v) is 5.36. The van der Waals surface area contributed by atoms with Gasteiger partial charge >= 0.3 is 0 Å². The van der Waals surface area contributed by atoms with Crippen LogP contribution in [0.5, 0.6) is 0 Å². The fourth-order valence-corrected chi connectivity index (χ4v) is 2.53. The first-order valence-corrected chi connectivity index (χ1v) is 6.92. The Morgan fingerprint density at radius 3 is 2.33 bits per heavy atom. The summed E-state index contributed by atoms with van der Waals surface area (Å²) in [6.45, 7) is 0. The molecule has 0 aromatic heterocycles. The number of amides is 1. The van der Waals surface area contributed by atoms with Gasteiger partial charge in [-0.3, -0.25) is 4.79 Å². The first kappa shape index (κ1) is 13.8. The molecule has 2 N–H and O–H groups in total. The molecule has 2 aromatic rings. The summed E-state index contributed by atoms with van der Waals surface area (Å²) in [4.78, 5) is 12.2. The molecule has 3 nitrogen and oxygen atoms in total. The maximum Gasteiger partial charge on any atom is 0.254 e. The minimum atomic E-state index is -1.24. The molecular weight excluding hydrogens is 269 g/mol. The standard InChI is InChI=1S/C17H16FNO2/c18-14-9-5-4-8-13(14)17(10-11-17)19-16(21)15(20)12-6-2-1-3-7-12/h1-9,15,20H,10-11H2,(H,19,21). The molecule has 1 atom stereocenters. The highest BCUT2D eigenvalue weighted by molar-refractivity contribution is 5.83. The fourth-order valence-electron chi connectivity index (χ4n) is 2.53. The summed E-state index contributed by atoms with van der Waals surface area (Å²) >= 11 is 0. The number of aliphatic hydroxyl groups excluding tert-OH is 1. The number of halogens is 1. The molecule has 3 rings (SSSR count). The molecule has 1 aliphatic rings. The summed E-state index contributed by atoms with van der Waals surface area (Å²) in [6, 6.07) is 15.1. The number of rotatable bonds is 4. The molecule has 0 bridgehead atoms. The summed E-state index contributed by atoms with van der Waals surface area (Å²) < 4.78 is 13.9. The quantitative estimate of drug-likeness (QED) is 0.907. The van der Waals surface area contributed by atoms with Crippen LogP contribution >= 0.6 is 0 Å². The Morgan fingerprint density at radius 1 is 1.10 bits per heavy atom. The highest BCUT2D eigenvalue weighted by Crippen LogP contribution is 2.46. The summed E-state index contributed by atoms with van der Waals surface area (Å²) in [5.74, 6) is -0.827. The van der Waals surface area contributed by atoms with Gasteiger partial charge in [-0.15, -0.1) is 0 Å². The zero-order valence-electron chi connectivity index (χ0n) is 11.4. The van der Waals surface area contributed by atoms with Crippen LogP contribution in [0.15, 0.2) is 54.6 Å². The normalized spacial score (nSPS) is 17.0. The number of hydrogen-bond donors (Lipinski definition) is 2. The van der Waals surface area contributed by atoms with Crippen LogP contribution in [0.3, 0.4) is 0 Å². The Kier molecular flexibility index (Phi) is 3.47. The van der Waals surface area contributed by atoms with Crippen molar-refractivity contribution in [2.45, 2.75) is 24.5 Å². The van der Waals surface area contributed by atoms with Crippen LogP contribution in [0.4, 0.5) is 4.39 Å². The average Bonchev–Trinajstić information content (AvgIpc) is 3.28. The number of hydrogen-bond acceptors (Lipinski definition) is 2. The van der Waals surface area contributed by atoms with Gasteiger partial charge in [0.1, 0.15) is 5.82 Å². The zero-order valence-corrected chi connectivity index (χ0v) is 11.4. The largest absolute Gasteiger partial charge is 0.378 e. The van der Waals surface area contributed by atoms with E-state index in [9.17, 15) is 14.3 Å². The Hall–Kier alpha value is -2.20. The summed E-state index contributed by atoms with van der Waals surface area (Å²) in [5.41, 5.74) is 0.344. The van der Waals surface area contributed by atoms with E-state index in [4.69, 9.17) is 0 Å². The van der Waals surface area contributed by atoms with Crippen molar-refractivity contribution in [1.29, 1.82) is 0 Å². The molecule has 2 aromatic carbocycles. The van der Waals surface area contributed by atoms with E-state index < -0.39 is 17.6 Å². The molecule has 0 heterocycles. The topological polar surface area (TPSA) is 49.3 Å². The van der Waals surface area contributed by atoms with Gasteiger partial charge in [0.05, 0.1) is 5.54 Å². The molecule has 0 saturated heterocycles. The van der Waals surface area contributed by atoms with Crippen molar-refractivity contribution in [3.63, 3.8) is 0 Å². The van der Waals surface area contributed by atoms with Crippen LogP contribution < -0.4 is 5.32 Å². The molecule has 1 unspecified atom stereocenters. The van der Waals surface area contributed by atoms with Crippen LogP contribution in [0.2, 0.25) is 0 Å². The van der Waals surface area contributed by atoms with Gasteiger partial charge in [0.25, 0.3) is 5.91 Å². The predicted molar refractivity (Wildman–Crippen MR) is 76.9 cm³/mol. The van der Waals surface area contributed by atoms with E-state index in [2.05, 4.69) is 5.32 Å². The number of nitrogens with one attached hydrogen (secondary N) is 1. The van der Waals surface area contributed by atoms with Crippen LogP contribution in [0, 0.1) is 5.82 Å². The second kappa shape index (κ2) is 5.30. The first-order valence-electron chi connectivity index (χ1n) is 6.92. The maximum absolute atomic E-state index is 13.9. The van der Waals surface area contributed by atoms with Crippen LogP contribution in [0.1, 0.15) is 30.1 Å². The van der Waals surface area contributed by atoms with E-state index >= 15 is 0 Å². The molecule has 1 amide bonds. The third-order valence-electron chi connectivity index (χ3n) is 3.87. The van der Waals surface area contributed by atoms with Gasteiger partial charge in [-0.1, -0.05) is 48.5 Å². The molecule has 4 heteroatoms. The van der Waals surface area contributed by atoms with Crippen LogP contribution in [0.25, 0.3) is 0 Å². The van der Waals surface area contributed by atoms with E-state index in [1.807, 2.05) is 6.07 Å². The number of aliphatic hydroxyl groups is 1. The van der Waals surface area contributed by atoms with E-state index in [1.165, 1.54) is 6.07 Å². The fraction of sp³-hybridized carbons (Fsp3) is 0.235. The zero-order chi connectivity index (χ0) is 14.9. The minimum absolute atomic E-state index is 0.329. The monoisotopic (exact) mass is 285 g/mol. The molecule has 1 fully saturated rings. The van der Waals surface area contributed by atoms with Crippen molar-refractivity contribution in [1.82, 2.24) is 5.32 Å². The summed E-state index contributed by atoms with van der Waals surface area (Å²) in [5, 5.41) is 12.9. The van der Waals surface area contributed by atoms with Crippen molar-refractivity contribution in [2.24, 2.45) is 0 Å². The lowest BCUT2D eigenvalue weighted by atomic mass is 10.0. The Bertz CT molecular complexity index is 653. The van der Waals surface area contributed by atoms with Crippen molar-refractivity contribution in [3.8, 4) is 0 Å². The first-order chi connectivity index (χ1) is 10.1. The molecule has 0 radical (unpaired) electrons. The molecule has 21 heavy (non-hydrogen) atoms. The maximum atomic E-state index is 13.9. The van der Waals surface area contributed by atoms with Gasteiger partial charge in [0, 0.05) is 5.56 Å². The van der Waals surface area contributed by atoms with Crippen LogP contribution in [-0.2, 0) is 10.3 Å². The molecule has 0 spiro atoms. The van der Waals surface area contributed by atoms with E-state index in [0.717, 1.165) is 0 Å². The van der Waals surface area contributed by atoms with Crippen molar-refractivity contribution < 1.29 is 14.3 Å². The third-order valence-corrected chi connectivity index (χ3v) is 3.87. The van der Waals surface area contributed by atoms with Crippen LogP contribution in [-0.4, -0.2) is 11.0 Å². The third kappa shape index (κ3) is 2.67. The number of carbonyl (C=O) groups is 1. The Balaban J connectivity index is 1.78. The van der Waals surface area contributed by atoms with Crippen molar-refractivity contribution in [3.05, 3.63) is 71.5 Å². The molecule has 0 aliphatic heterocycles. The van der Waals surface area contributed by atoms with Gasteiger partial charge in [0.2, 0.25) is 0 Å².